The number of aromatic nitrogens is 3. The molecule has 7 heteroatoms. The van der Waals surface area contributed by atoms with Gasteiger partial charge in [-0.1, -0.05) is 11.6 Å². The summed E-state index contributed by atoms with van der Waals surface area (Å²) in [7, 11) is 1.97. The highest BCUT2D eigenvalue weighted by Gasteiger charge is 2.27. The molecule has 26 heavy (non-hydrogen) atoms. The number of aryl methyl sites for hydroxylation is 1. The quantitative estimate of drug-likeness (QED) is 0.749. The molecule has 0 radical (unpaired) electrons. The summed E-state index contributed by atoms with van der Waals surface area (Å²) in [5.41, 5.74) is 3.78. The van der Waals surface area contributed by atoms with Crippen molar-refractivity contribution in [1.82, 2.24) is 19.7 Å². The summed E-state index contributed by atoms with van der Waals surface area (Å²) in [6.45, 7) is 7.07. The first kappa shape index (κ1) is 18.9. The predicted molar refractivity (Wildman–Crippen MR) is 100 cm³/mol. The molecule has 1 fully saturated rings. The lowest BCUT2D eigenvalue weighted by Gasteiger charge is -2.32. The maximum atomic E-state index is 12.3. The topological polar surface area (TPSA) is 60.2 Å². The number of carbonyl (C=O) groups excluding carboxylic acids is 1. The first-order valence-electron chi connectivity index (χ1n) is 9.02. The molecular formula is C19H25ClN4O2. The lowest BCUT2D eigenvalue weighted by atomic mass is 9.90. The van der Waals surface area contributed by atoms with Gasteiger partial charge in [0.15, 0.2) is 0 Å². The Bertz CT molecular complexity index is 782. The highest BCUT2D eigenvalue weighted by atomic mass is 35.5. The maximum Gasteiger partial charge on any atom is 0.340 e. The monoisotopic (exact) mass is 376 g/mol. The van der Waals surface area contributed by atoms with Gasteiger partial charge in [0.2, 0.25) is 0 Å². The fourth-order valence-corrected chi connectivity index (χ4v) is 3.61. The van der Waals surface area contributed by atoms with E-state index in [9.17, 15) is 4.79 Å². The van der Waals surface area contributed by atoms with Gasteiger partial charge >= 0.3 is 5.97 Å². The fourth-order valence-electron chi connectivity index (χ4n) is 3.45. The molecule has 0 aliphatic carbocycles. The van der Waals surface area contributed by atoms with Crippen LogP contribution in [0.4, 0.5) is 0 Å². The summed E-state index contributed by atoms with van der Waals surface area (Å²) >= 11 is 6.04. The number of esters is 1. The number of ether oxygens (including phenoxy) is 1. The van der Waals surface area contributed by atoms with Crippen LogP contribution in [0, 0.1) is 6.92 Å². The molecule has 0 atom stereocenters. The van der Waals surface area contributed by atoms with E-state index in [0.717, 1.165) is 38.2 Å². The van der Waals surface area contributed by atoms with Gasteiger partial charge in [0, 0.05) is 37.0 Å². The Morgan fingerprint density at radius 3 is 2.69 bits per heavy atom. The predicted octanol–water partition coefficient (Wildman–Crippen LogP) is 3.33. The number of piperidine rings is 1. The van der Waals surface area contributed by atoms with Gasteiger partial charge < -0.3 is 4.74 Å². The van der Waals surface area contributed by atoms with E-state index >= 15 is 0 Å². The van der Waals surface area contributed by atoms with Gasteiger partial charge in [-0.3, -0.25) is 14.6 Å². The van der Waals surface area contributed by atoms with Gasteiger partial charge in [0.05, 0.1) is 29.1 Å². The fraction of sp³-hybridized carbons (Fsp3) is 0.526. The van der Waals surface area contributed by atoms with Crippen molar-refractivity contribution in [3.05, 3.63) is 46.0 Å². The molecule has 1 aliphatic heterocycles. The summed E-state index contributed by atoms with van der Waals surface area (Å²) in [5, 5.41) is 4.78. The van der Waals surface area contributed by atoms with Crippen LogP contribution in [0.25, 0.3) is 0 Å². The van der Waals surface area contributed by atoms with Crippen LogP contribution in [0.2, 0.25) is 5.02 Å². The van der Waals surface area contributed by atoms with E-state index in [4.69, 9.17) is 16.3 Å². The number of halogens is 1. The first-order valence-corrected chi connectivity index (χ1v) is 9.39. The standard InChI is InChI=1S/C19H25ClN4O2/c1-4-26-19(25)17-9-16(20)11-21-18(17)14-5-7-24(8-6-14)12-15-10-22-23(3)13(15)2/h9-11,14H,4-8,12H2,1-3H3. The van der Waals surface area contributed by atoms with Crippen LogP contribution in [0.15, 0.2) is 18.5 Å². The molecule has 0 N–H and O–H groups in total. The van der Waals surface area contributed by atoms with Gasteiger partial charge in [-0.05, 0) is 45.8 Å². The molecule has 2 aromatic heterocycles. The Labute approximate surface area is 159 Å². The van der Waals surface area contributed by atoms with Crippen LogP contribution in [-0.4, -0.2) is 45.3 Å². The molecule has 140 valence electrons. The van der Waals surface area contributed by atoms with Crippen molar-refractivity contribution in [2.24, 2.45) is 7.05 Å². The third kappa shape index (κ3) is 4.07. The van der Waals surface area contributed by atoms with E-state index in [1.165, 1.54) is 11.3 Å². The number of nitrogens with zero attached hydrogens (tertiary/aromatic N) is 4. The minimum atomic E-state index is -0.342. The molecule has 0 saturated carbocycles. The van der Waals surface area contributed by atoms with Crippen molar-refractivity contribution < 1.29 is 9.53 Å². The van der Waals surface area contributed by atoms with E-state index in [-0.39, 0.29) is 11.9 Å². The Hall–Kier alpha value is -1.92. The van der Waals surface area contributed by atoms with Crippen LogP contribution in [-0.2, 0) is 18.3 Å². The van der Waals surface area contributed by atoms with Crippen LogP contribution in [0.5, 0.6) is 0 Å². The zero-order valence-electron chi connectivity index (χ0n) is 15.5. The lowest BCUT2D eigenvalue weighted by molar-refractivity contribution is 0.0523. The van der Waals surface area contributed by atoms with Gasteiger partial charge in [-0.25, -0.2) is 4.79 Å². The van der Waals surface area contributed by atoms with Gasteiger partial charge in [-0.15, -0.1) is 0 Å². The Morgan fingerprint density at radius 1 is 1.35 bits per heavy atom. The molecule has 0 spiro atoms. The van der Waals surface area contributed by atoms with E-state index in [2.05, 4.69) is 21.9 Å². The number of likely N-dealkylation sites (tertiary alicyclic amines) is 1. The van der Waals surface area contributed by atoms with Gasteiger partial charge in [-0.2, -0.15) is 5.10 Å². The summed E-state index contributed by atoms with van der Waals surface area (Å²) < 4.78 is 7.08. The second kappa shape index (κ2) is 8.18. The summed E-state index contributed by atoms with van der Waals surface area (Å²) in [5.74, 6) is -0.0937. The molecule has 0 aromatic carbocycles. The number of pyridine rings is 1. The highest BCUT2D eigenvalue weighted by Crippen LogP contribution is 2.31. The van der Waals surface area contributed by atoms with Gasteiger partial charge in [0.1, 0.15) is 0 Å². The largest absolute Gasteiger partial charge is 0.462 e. The zero-order valence-corrected chi connectivity index (χ0v) is 16.3. The zero-order chi connectivity index (χ0) is 18.7. The second-order valence-corrected chi connectivity index (χ2v) is 7.17. The average Bonchev–Trinajstić information content (AvgIpc) is 2.95. The van der Waals surface area contributed by atoms with Gasteiger partial charge in [0.25, 0.3) is 0 Å². The normalized spacial score (nSPS) is 16.0. The summed E-state index contributed by atoms with van der Waals surface area (Å²) in [6, 6.07) is 1.67. The molecule has 0 bridgehead atoms. The minimum absolute atomic E-state index is 0.248. The molecule has 1 saturated heterocycles. The summed E-state index contributed by atoms with van der Waals surface area (Å²) in [6.07, 6.45) is 5.48. The Morgan fingerprint density at radius 2 is 2.08 bits per heavy atom. The van der Waals surface area contributed by atoms with Crippen molar-refractivity contribution in [2.75, 3.05) is 19.7 Å². The van der Waals surface area contributed by atoms with Crippen LogP contribution in [0.1, 0.15) is 53.0 Å². The molecule has 2 aromatic rings. The van der Waals surface area contributed by atoms with Crippen molar-refractivity contribution in [3.63, 3.8) is 0 Å². The molecule has 6 nitrogen and oxygen atoms in total. The van der Waals surface area contributed by atoms with Crippen molar-refractivity contribution in [1.29, 1.82) is 0 Å². The Kier molecular flexibility index (Phi) is 5.94. The SMILES string of the molecule is CCOC(=O)c1cc(Cl)cnc1C1CCN(Cc2cnn(C)c2C)CC1. The third-order valence-electron chi connectivity index (χ3n) is 5.09. The number of hydrogen-bond donors (Lipinski definition) is 0. The van der Waals surface area contributed by atoms with E-state index in [0.29, 0.717) is 17.2 Å². The molecule has 0 amide bonds. The molecule has 3 heterocycles. The smallest absolute Gasteiger partial charge is 0.340 e. The Balaban J connectivity index is 1.68. The van der Waals surface area contributed by atoms with E-state index in [1.807, 2.05) is 17.9 Å². The van der Waals surface area contributed by atoms with Crippen molar-refractivity contribution in [3.8, 4) is 0 Å². The van der Waals surface area contributed by atoms with Crippen LogP contribution in [0.3, 0.4) is 0 Å². The molecule has 0 unspecified atom stereocenters. The summed E-state index contributed by atoms with van der Waals surface area (Å²) in [4.78, 5) is 19.2. The van der Waals surface area contributed by atoms with Crippen LogP contribution < -0.4 is 0 Å². The van der Waals surface area contributed by atoms with E-state index < -0.39 is 0 Å². The molecular weight excluding hydrogens is 352 g/mol. The number of carbonyl (C=O) groups is 1. The second-order valence-electron chi connectivity index (χ2n) is 6.74. The highest BCUT2D eigenvalue weighted by molar-refractivity contribution is 6.30. The average molecular weight is 377 g/mol. The first-order chi connectivity index (χ1) is 12.5. The maximum absolute atomic E-state index is 12.3. The van der Waals surface area contributed by atoms with Crippen LogP contribution >= 0.6 is 11.6 Å². The number of hydrogen-bond acceptors (Lipinski definition) is 5. The van der Waals surface area contributed by atoms with Crippen molar-refractivity contribution in [2.45, 2.75) is 39.2 Å². The molecule has 3 rings (SSSR count). The van der Waals surface area contributed by atoms with E-state index in [1.54, 1.807) is 19.2 Å². The minimum Gasteiger partial charge on any atom is -0.462 e. The lowest BCUT2D eigenvalue weighted by Crippen LogP contribution is -2.33. The van der Waals surface area contributed by atoms with Crippen molar-refractivity contribution >= 4 is 17.6 Å². The third-order valence-corrected chi connectivity index (χ3v) is 5.29. The number of rotatable bonds is 5. The molecule has 1 aliphatic rings.